The van der Waals surface area contributed by atoms with Gasteiger partial charge in [0.1, 0.15) is 0 Å². The Bertz CT molecular complexity index is 446. The van der Waals surface area contributed by atoms with E-state index in [0.29, 0.717) is 19.5 Å². The summed E-state index contributed by atoms with van der Waals surface area (Å²) < 4.78 is 18.3. The molecule has 2 N–H and O–H groups in total. The molecule has 0 aliphatic rings. The van der Waals surface area contributed by atoms with E-state index in [1.165, 1.54) is 13.2 Å². The molecule has 1 aromatic rings. The lowest BCUT2D eigenvalue weighted by atomic mass is 9.94. The predicted molar refractivity (Wildman–Crippen MR) is 70.9 cm³/mol. The van der Waals surface area contributed by atoms with Crippen LogP contribution in [0.3, 0.4) is 0 Å². The molecule has 0 bridgehead atoms. The average molecular weight is 269 g/mol. The summed E-state index contributed by atoms with van der Waals surface area (Å²) in [6, 6.07) is 4.82. The molecule has 1 aromatic carbocycles. The minimum Gasteiger partial charge on any atom is -0.494 e. The minimum atomic E-state index is -0.838. The van der Waals surface area contributed by atoms with E-state index in [1.54, 1.807) is 26.0 Å². The van der Waals surface area contributed by atoms with E-state index in [9.17, 15) is 9.18 Å². The summed E-state index contributed by atoms with van der Waals surface area (Å²) in [5.41, 5.74) is 0.0458. The number of halogens is 1. The number of aliphatic carboxylic acids is 1. The molecule has 106 valence electrons. The molecule has 0 saturated heterocycles. The zero-order valence-corrected chi connectivity index (χ0v) is 11.5. The van der Waals surface area contributed by atoms with E-state index in [-0.39, 0.29) is 11.6 Å². The van der Waals surface area contributed by atoms with Crippen molar-refractivity contribution in [2.45, 2.75) is 20.3 Å². The van der Waals surface area contributed by atoms with Gasteiger partial charge in [-0.3, -0.25) is 4.79 Å². The van der Waals surface area contributed by atoms with Crippen molar-refractivity contribution >= 4 is 5.97 Å². The van der Waals surface area contributed by atoms with E-state index in [1.807, 2.05) is 0 Å². The van der Waals surface area contributed by atoms with Crippen molar-refractivity contribution < 1.29 is 19.0 Å². The number of hydrogen-bond donors (Lipinski definition) is 2. The number of rotatable bonds is 7. The smallest absolute Gasteiger partial charge is 0.310 e. The molecule has 5 heteroatoms. The molecule has 1 rings (SSSR count). The standard InChI is InChI=1S/C14H20FNO3/c1-14(2,13(17)18)9-16-7-6-10-4-5-12(19-3)11(15)8-10/h4-5,8,16H,6-7,9H2,1-3H3,(H,17,18). The Hall–Kier alpha value is -1.62. The zero-order chi connectivity index (χ0) is 14.5. The number of ether oxygens (including phenoxy) is 1. The first-order valence-electron chi connectivity index (χ1n) is 6.13. The molecule has 0 aliphatic carbocycles. The maximum absolute atomic E-state index is 13.4. The van der Waals surface area contributed by atoms with Crippen LogP contribution in [-0.2, 0) is 11.2 Å². The quantitative estimate of drug-likeness (QED) is 0.744. The lowest BCUT2D eigenvalue weighted by Crippen LogP contribution is -2.36. The van der Waals surface area contributed by atoms with Gasteiger partial charge in [-0.05, 0) is 44.5 Å². The predicted octanol–water partition coefficient (Wildman–Crippen LogP) is 2.08. The molecule has 0 aromatic heterocycles. The van der Waals surface area contributed by atoms with Gasteiger partial charge < -0.3 is 15.2 Å². The largest absolute Gasteiger partial charge is 0.494 e. The molecule has 0 saturated carbocycles. The number of carboxylic acids is 1. The average Bonchev–Trinajstić information content (AvgIpc) is 2.34. The van der Waals surface area contributed by atoms with Gasteiger partial charge in [0.25, 0.3) is 0 Å². The number of benzene rings is 1. The topological polar surface area (TPSA) is 58.6 Å². The van der Waals surface area contributed by atoms with Crippen LogP contribution < -0.4 is 10.1 Å². The van der Waals surface area contributed by atoms with Crippen molar-refractivity contribution in [2.24, 2.45) is 5.41 Å². The Kier molecular flexibility index (Phi) is 5.30. The summed E-state index contributed by atoms with van der Waals surface area (Å²) >= 11 is 0. The zero-order valence-electron chi connectivity index (χ0n) is 11.5. The lowest BCUT2D eigenvalue weighted by molar-refractivity contribution is -0.146. The van der Waals surface area contributed by atoms with Crippen molar-refractivity contribution in [1.82, 2.24) is 5.32 Å². The van der Waals surface area contributed by atoms with Crippen LogP contribution in [0.5, 0.6) is 5.75 Å². The summed E-state index contributed by atoms with van der Waals surface area (Å²) in [5.74, 6) is -0.995. The SMILES string of the molecule is COc1ccc(CCNCC(C)(C)C(=O)O)cc1F. The third kappa shape index (κ3) is 4.52. The maximum Gasteiger partial charge on any atom is 0.310 e. The number of nitrogens with one attached hydrogen (secondary N) is 1. The van der Waals surface area contributed by atoms with Gasteiger partial charge in [-0.2, -0.15) is 0 Å². The van der Waals surface area contributed by atoms with Crippen LogP contribution in [-0.4, -0.2) is 31.3 Å². The van der Waals surface area contributed by atoms with Crippen LogP contribution >= 0.6 is 0 Å². The first-order valence-corrected chi connectivity index (χ1v) is 6.13. The van der Waals surface area contributed by atoms with Crippen molar-refractivity contribution in [3.8, 4) is 5.75 Å². The Labute approximate surface area is 112 Å². The minimum absolute atomic E-state index is 0.226. The highest BCUT2D eigenvalue weighted by atomic mass is 19.1. The summed E-state index contributed by atoms with van der Waals surface area (Å²) in [7, 11) is 1.42. The van der Waals surface area contributed by atoms with Gasteiger partial charge in [-0.15, -0.1) is 0 Å². The highest BCUT2D eigenvalue weighted by Gasteiger charge is 2.26. The molecule has 0 amide bonds. The highest BCUT2D eigenvalue weighted by molar-refractivity contribution is 5.73. The van der Waals surface area contributed by atoms with Crippen LogP contribution in [0.25, 0.3) is 0 Å². The Balaban J connectivity index is 2.42. The normalized spacial score (nSPS) is 11.4. The van der Waals surface area contributed by atoms with Gasteiger partial charge in [0.15, 0.2) is 11.6 Å². The number of methoxy groups -OCH3 is 1. The number of carbonyl (C=O) groups is 1. The Morgan fingerprint density at radius 3 is 2.68 bits per heavy atom. The number of carboxylic acid groups (broad SMARTS) is 1. The fraction of sp³-hybridized carbons (Fsp3) is 0.500. The van der Waals surface area contributed by atoms with Crippen LogP contribution in [0.4, 0.5) is 4.39 Å². The van der Waals surface area contributed by atoms with E-state index in [4.69, 9.17) is 9.84 Å². The molecule has 0 unspecified atom stereocenters. The Morgan fingerprint density at radius 1 is 1.47 bits per heavy atom. The fourth-order valence-corrected chi connectivity index (χ4v) is 1.57. The number of hydrogen-bond acceptors (Lipinski definition) is 3. The first-order chi connectivity index (χ1) is 8.86. The molecular weight excluding hydrogens is 249 g/mol. The summed E-state index contributed by atoms with van der Waals surface area (Å²) in [4.78, 5) is 10.9. The maximum atomic E-state index is 13.4. The van der Waals surface area contributed by atoms with Crippen molar-refractivity contribution in [2.75, 3.05) is 20.2 Å². The van der Waals surface area contributed by atoms with Gasteiger partial charge in [0, 0.05) is 6.54 Å². The van der Waals surface area contributed by atoms with Gasteiger partial charge in [0.2, 0.25) is 0 Å². The molecule has 0 fully saturated rings. The van der Waals surface area contributed by atoms with Crippen LogP contribution in [0.15, 0.2) is 18.2 Å². The summed E-state index contributed by atoms with van der Waals surface area (Å²) in [6.45, 7) is 4.30. The summed E-state index contributed by atoms with van der Waals surface area (Å²) in [5, 5.41) is 12.0. The highest BCUT2D eigenvalue weighted by Crippen LogP contribution is 2.18. The van der Waals surface area contributed by atoms with Gasteiger partial charge in [-0.25, -0.2) is 4.39 Å². The first kappa shape index (κ1) is 15.4. The monoisotopic (exact) mass is 269 g/mol. The van der Waals surface area contributed by atoms with Crippen LogP contribution in [0.2, 0.25) is 0 Å². The van der Waals surface area contributed by atoms with Crippen molar-refractivity contribution in [1.29, 1.82) is 0 Å². The molecule has 19 heavy (non-hydrogen) atoms. The van der Waals surface area contributed by atoms with Gasteiger partial charge in [-0.1, -0.05) is 6.07 Å². The molecule has 0 heterocycles. The molecular formula is C14H20FNO3. The van der Waals surface area contributed by atoms with E-state index < -0.39 is 11.4 Å². The van der Waals surface area contributed by atoms with Crippen molar-refractivity contribution in [3.05, 3.63) is 29.6 Å². The molecule has 0 aliphatic heterocycles. The molecule has 0 radical (unpaired) electrons. The van der Waals surface area contributed by atoms with Crippen LogP contribution in [0.1, 0.15) is 19.4 Å². The Morgan fingerprint density at radius 2 is 2.16 bits per heavy atom. The van der Waals surface area contributed by atoms with E-state index in [0.717, 1.165) is 5.56 Å². The van der Waals surface area contributed by atoms with Gasteiger partial charge >= 0.3 is 5.97 Å². The van der Waals surface area contributed by atoms with Crippen LogP contribution in [0, 0.1) is 11.2 Å². The molecule has 0 spiro atoms. The third-order valence-electron chi connectivity index (χ3n) is 2.95. The second-order valence-corrected chi connectivity index (χ2v) is 5.08. The second-order valence-electron chi connectivity index (χ2n) is 5.08. The summed E-state index contributed by atoms with van der Waals surface area (Å²) in [6.07, 6.45) is 0.636. The molecule has 4 nitrogen and oxygen atoms in total. The van der Waals surface area contributed by atoms with Gasteiger partial charge in [0.05, 0.1) is 12.5 Å². The lowest BCUT2D eigenvalue weighted by Gasteiger charge is -2.19. The van der Waals surface area contributed by atoms with Crippen molar-refractivity contribution in [3.63, 3.8) is 0 Å². The third-order valence-corrected chi connectivity index (χ3v) is 2.95. The van der Waals surface area contributed by atoms with E-state index in [2.05, 4.69) is 5.32 Å². The van der Waals surface area contributed by atoms with E-state index >= 15 is 0 Å². The fourth-order valence-electron chi connectivity index (χ4n) is 1.57. The molecule has 0 atom stereocenters. The second kappa shape index (κ2) is 6.52.